The highest BCUT2D eigenvalue weighted by atomic mass is 35.5. The highest BCUT2D eigenvalue weighted by Crippen LogP contribution is 2.20. The second-order valence-corrected chi connectivity index (χ2v) is 7.28. The smallest absolute Gasteiger partial charge is 0.240 e. The Kier molecular flexibility index (Phi) is 5.78. The van der Waals surface area contributed by atoms with E-state index in [1.54, 1.807) is 0 Å². The molecule has 8 heteroatoms. The molecule has 1 atom stereocenters. The Balaban J connectivity index is 2.01. The molecule has 0 unspecified atom stereocenters. The molecule has 0 radical (unpaired) electrons. The highest BCUT2D eigenvalue weighted by Gasteiger charge is 2.21. The SMILES string of the molecule is C[C@@H](CNS(=O)(=O)c1ccc(C#N)c(Cl)c1)N1CCOCC1. The number of ether oxygens (including phenoxy) is 1. The number of nitrogens with zero attached hydrogens (tertiary/aromatic N) is 2. The number of nitriles is 1. The summed E-state index contributed by atoms with van der Waals surface area (Å²) in [5.74, 6) is 0. The summed E-state index contributed by atoms with van der Waals surface area (Å²) in [6.07, 6.45) is 0. The minimum Gasteiger partial charge on any atom is -0.379 e. The van der Waals surface area contributed by atoms with Crippen LogP contribution in [0.25, 0.3) is 0 Å². The van der Waals surface area contributed by atoms with E-state index in [0.717, 1.165) is 13.1 Å². The summed E-state index contributed by atoms with van der Waals surface area (Å²) in [7, 11) is -3.64. The van der Waals surface area contributed by atoms with Crippen LogP contribution >= 0.6 is 11.6 Å². The maximum Gasteiger partial charge on any atom is 0.240 e. The van der Waals surface area contributed by atoms with Crippen LogP contribution in [0, 0.1) is 11.3 Å². The number of rotatable bonds is 5. The number of halogens is 1. The van der Waals surface area contributed by atoms with Gasteiger partial charge in [0, 0.05) is 25.7 Å². The first-order valence-corrected chi connectivity index (χ1v) is 8.81. The molecule has 1 heterocycles. The third-order valence-electron chi connectivity index (χ3n) is 3.61. The average Bonchev–Trinajstić information content (AvgIpc) is 2.53. The van der Waals surface area contributed by atoms with Crippen LogP contribution in [0.15, 0.2) is 23.1 Å². The lowest BCUT2D eigenvalue weighted by molar-refractivity contribution is 0.0213. The number of nitrogens with one attached hydrogen (secondary N) is 1. The van der Waals surface area contributed by atoms with Gasteiger partial charge in [-0.15, -0.1) is 0 Å². The number of benzene rings is 1. The van der Waals surface area contributed by atoms with Gasteiger partial charge in [0.05, 0.1) is 28.7 Å². The molecule has 1 aromatic rings. The van der Waals surface area contributed by atoms with Crippen LogP contribution < -0.4 is 4.72 Å². The molecule has 120 valence electrons. The maximum atomic E-state index is 12.3. The molecule has 1 fully saturated rings. The molecule has 1 aliphatic heterocycles. The van der Waals surface area contributed by atoms with Gasteiger partial charge in [0.2, 0.25) is 10.0 Å². The number of sulfonamides is 1. The van der Waals surface area contributed by atoms with Crippen molar-refractivity contribution < 1.29 is 13.2 Å². The van der Waals surface area contributed by atoms with Gasteiger partial charge in [-0.25, -0.2) is 13.1 Å². The van der Waals surface area contributed by atoms with E-state index < -0.39 is 10.0 Å². The maximum absolute atomic E-state index is 12.3. The lowest BCUT2D eigenvalue weighted by Crippen LogP contribution is -2.47. The van der Waals surface area contributed by atoms with Crippen molar-refractivity contribution in [3.8, 4) is 6.07 Å². The first-order valence-electron chi connectivity index (χ1n) is 6.95. The lowest BCUT2D eigenvalue weighted by atomic mass is 10.2. The quantitative estimate of drug-likeness (QED) is 0.869. The van der Waals surface area contributed by atoms with E-state index in [0.29, 0.717) is 19.8 Å². The van der Waals surface area contributed by atoms with E-state index in [4.69, 9.17) is 21.6 Å². The second-order valence-electron chi connectivity index (χ2n) is 5.10. The molecule has 0 saturated carbocycles. The fraction of sp³-hybridized carbons (Fsp3) is 0.500. The van der Waals surface area contributed by atoms with Gasteiger partial charge in [0.1, 0.15) is 6.07 Å². The summed E-state index contributed by atoms with van der Waals surface area (Å²) in [5, 5.41) is 8.95. The van der Waals surface area contributed by atoms with Crippen molar-refractivity contribution >= 4 is 21.6 Å². The summed E-state index contributed by atoms with van der Waals surface area (Å²) in [6.45, 7) is 5.21. The van der Waals surface area contributed by atoms with E-state index >= 15 is 0 Å². The Labute approximate surface area is 135 Å². The van der Waals surface area contributed by atoms with Crippen molar-refractivity contribution in [1.29, 1.82) is 5.26 Å². The van der Waals surface area contributed by atoms with Crippen molar-refractivity contribution in [3.05, 3.63) is 28.8 Å². The number of hydrogen-bond donors (Lipinski definition) is 1. The van der Waals surface area contributed by atoms with Crippen LogP contribution in [0.1, 0.15) is 12.5 Å². The summed E-state index contributed by atoms with van der Waals surface area (Å²) in [4.78, 5) is 2.24. The Bertz CT molecular complexity index is 666. The molecule has 1 aliphatic rings. The minimum atomic E-state index is -3.64. The van der Waals surface area contributed by atoms with Crippen molar-refractivity contribution in [3.63, 3.8) is 0 Å². The molecule has 6 nitrogen and oxygen atoms in total. The van der Waals surface area contributed by atoms with Gasteiger partial charge in [-0.05, 0) is 25.1 Å². The zero-order valence-electron chi connectivity index (χ0n) is 12.3. The summed E-state index contributed by atoms with van der Waals surface area (Å²) < 4.78 is 32.4. The molecule has 2 rings (SSSR count). The van der Waals surface area contributed by atoms with Gasteiger partial charge in [0.25, 0.3) is 0 Å². The largest absolute Gasteiger partial charge is 0.379 e. The Hall–Kier alpha value is -1.17. The van der Waals surface area contributed by atoms with Crippen LogP contribution in [0.5, 0.6) is 0 Å². The summed E-state index contributed by atoms with van der Waals surface area (Å²) in [5.41, 5.74) is 0.252. The summed E-state index contributed by atoms with van der Waals surface area (Å²) >= 11 is 5.88. The van der Waals surface area contributed by atoms with E-state index in [2.05, 4.69) is 9.62 Å². The molecule has 1 N–H and O–H groups in total. The predicted octanol–water partition coefficient (Wildman–Crippen LogP) is 1.21. The standard InChI is InChI=1S/C14H18ClN3O3S/c1-11(18-4-6-21-7-5-18)10-17-22(19,20)13-3-2-12(9-16)14(15)8-13/h2-3,8,11,17H,4-7,10H2,1H3/t11-/m0/s1. The van der Waals surface area contributed by atoms with Crippen molar-refractivity contribution in [2.45, 2.75) is 17.9 Å². The predicted molar refractivity (Wildman–Crippen MR) is 83.2 cm³/mol. The molecule has 1 aromatic carbocycles. The third kappa shape index (κ3) is 4.18. The van der Waals surface area contributed by atoms with E-state index in [1.165, 1.54) is 18.2 Å². The third-order valence-corrected chi connectivity index (χ3v) is 5.34. The van der Waals surface area contributed by atoms with Crippen molar-refractivity contribution in [1.82, 2.24) is 9.62 Å². The molecular weight excluding hydrogens is 326 g/mol. The van der Waals surface area contributed by atoms with Crippen molar-refractivity contribution in [2.75, 3.05) is 32.8 Å². The molecule has 0 aromatic heterocycles. The molecule has 0 bridgehead atoms. The fourth-order valence-electron chi connectivity index (χ4n) is 2.21. The van der Waals surface area contributed by atoms with Gasteiger partial charge in [-0.1, -0.05) is 11.6 Å². The van der Waals surface area contributed by atoms with Gasteiger partial charge < -0.3 is 4.74 Å². The van der Waals surface area contributed by atoms with Gasteiger partial charge in [0.15, 0.2) is 0 Å². The zero-order valence-corrected chi connectivity index (χ0v) is 13.8. The van der Waals surface area contributed by atoms with Crippen LogP contribution in [0.4, 0.5) is 0 Å². The Morgan fingerprint density at radius 3 is 2.73 bits per heavy atom. The van der Waals surface area contributed by atoms with E-state index in [9.17, 15) is 8.42 Å². The first-order chi connectivity index (χ1) is 10.4. The molecule has 0 amide bonds. The first kappa shape index (κ1) is 17.2. The Morgan fingerprint density at radius 1 is 1.45 bits per heavy atom. The molecular formula is C14H18ClN3O3S. The average molecular weight is 344 g/mol. The Morgan fingerprint density at radius 2 is 2.14 bits per heavy atom. The minimum absolute atomic E-state index is 0.0608. The second kappa shape index (κ2) is 7.40. The molecule has 0 spiro atoms. The molecule has 1 saturated heterocycles. The van der Waals surface area contributed by atoms with Crippen LogP contribution in [0.3, 0.4) is 0 Å². The van der Waals surface area contributed by atoms with E-state index in [1.807, 2.05) is 13.0 Å². The monoisotopic (exact) mass is 343 g/mol. The lowest BCUT2D eigenvalue weighted by Gasteiger charge is -2.32. The van der Waals surface area contributed by atoms with Crippen molar-refractivity contribution in [2.24, 2.45) is 0 Å². The van der Waals surface area contributed by atoms with Crippen LogP contribution in [-0.4, -0.2) is 52.2 Å². The van der Waals surface area contributed by atoms with Crippen LogP contribution in [0.2, 0.25) is 5.02 Å². The van der Waals surface area contributed by atoms with Gasteiger partial charge in [-0.2, -0.15) is 5.26 Å². The van der Waals surface area contributed by atoms with E-state index in [-0.39, 0.29) is 21.5 Å². The normalized spacial score (nSPS) is 17.9. The van der Waals surface area contributed by atoms with Crippen LogP contribution in [-0.2, 0) is 14.8 Å². The zero-order chi connectivity index (χ0) is 16.2. The summed E-state index contributed by atoms with van der Waals surface area (Å²) in [6, 6.07) is 6.06. The number of morpholine rings is 1. The topological polar surface area (TPSA) is 82.4 Å². The number of hydrogen-bond acceptors (Lipinski definition) is 5. The molecule has 0 aliphatic carbocycles. The highest BCUT2D eigenvalue weighted by molar-refractivity contribution is 7.89. The van der Waals surface area contributed by atoms with Gasteiger partial charge in [-0.3, -0.25) is 4.90 Å². The van der Waals surface area contributed by atoms with Gasteiger partial charge >= 0.3 is 0 Å². The fourth-order valence-corrected chi connectivity index (χ4v) is 3.65. The molecule has 22 heavy (non-hydrogen) atoms.